The average molecular weight is 324 g/mol. The van der Waals surface area contributed by atoms with Crippen LogP contribution < -0.4 is 4.74 Å². The molecule has 0 unspecified atom stereocenters. The maximum Gasteiger partial charge on any atom is 0.243 e. The molecule has 7 nitrogen and oxygen atoms in total. The Morgan fingerprint density at radius 3 is 2.55 bits per heavy atom. The number of hydrogen-bond acceptors (Lipinski definition) is 5. The van der Waals surface area contributed by atoms with Gasteiger partial charge in [-0.15, -0.1) is 0 Å². The molecule has 2 fully saturated rings. The lowest BCUT2D eigenvalue weighted by atomic mass is 10.1. The Hall–Kier alpha value is -2.15. The molecule has 0 radical (unpaired) electrons. The van der Waals surface area contributed by atoms with E-state index in [0.717, 1.165) is 4.90 Å². The predicted molar refractivity (Wildman–Crippen MR) is 76.2 cm³/mol. The van der Waals surface area contributed by atoms with E-state index in [1.165, 1.54) is 6.20 Å². The zero-order chi connectivity index (χ0) is 15.7. The standard InChI is InChI=1S/C14H14ClN3O4/c15-9-1-2-11(16-5-9)22-10-6-17(7-10)14(21)8-18-12(19)3-4-13(18)20/h1-2,5,10H,3-4,6-8H2. The fourth-order valence-electron chi connectivity index (χ4n) is 2.35. The highest BCUT2D eigenvalue weighted by molar-refractivity contribution is 6.30. The van der Waals surface area contributed by atoms with Gasteiger partial charge in [-0.2, -0.15) is 0 Å². The number of rotatable bonds is 4. The number of imide groups is 1. The van der Waals surface area contributed by atoms with Crippen molar-refractivity contribution in [3.63, 3.8) is 0 Å². The van der Waals surface area contributed by atoms with Crippen molar-refractivity contribution in [2.75, 3.05) is 19.6 Å². The molecule has 2 saturated heterocycles. The maximum absolute atomic E-state index is 12.0. The topological polar surface area (TPSA) is 79.8 Å². The Balaban J connectivity index is 1.46. The lowest BCUT2D eigenvalue weighted by molar-refractivity contribution is -0.149. The number of amides is 3. The number of carbonyl (C=O) groups excluding carboxylic acids is 3. The second kappa shape index (κ2) is 5.92. The SMILES string of the molecule is O=C(CN1C(=O)CCC1=O)N1CC(Oc2ccc(Cl)cn2)C1. The molecule has 3 heterocycles. The summed E-state index contributed by atoms with van der Waals surface area (Å²) in [5.74, 6) is -0.354. The first-order valence-electron chi connectivity index (χ1n) is 6.92. The Morgan fingerprint density at radius 1 is 1.27 bits per heavy atom. The van der Waals surface area contributed by atoms with E-state index in [2.05, 4.69) is 4.98 Å². The zero-order valence-electron chi connectivity index (χ0n) is 11.7. The number of pyridine rings is 1. The summed E-state index contributed by atoms with van der Waals surface area (Å²) in [6.07, 6.45) is 1.74. The van der Waals surface area contributed by atoms with Gasteiger partial charge in [0, 0.05) is 25.1 Å². The first-order valence-corrected chi connectivity index (χ1v) is 7.30. The van der Waals surface area contributed by atoms with Crippen LogP contribution in [0.15, 0.2) is 18.3 Å². The van der Waals surface area contributed by atoms with Crippen molar-refractivity contribution in [2.45, 2.75) is 18.9 Å². The van der Waals surface area contributed by atoms with Gasteiger partial charge in [0.1, 0.15) is 12.6 Å². The predicted octanol–water partition coefficient (Wildman–Crippen LogP) is 0.474. The van der Waals surface area contributed by atoms with E-state index in [0.29, 0.717) is 24.0 Å². The minimum absolute atomic E-state index is 0.136. The smallest absolute Gasteiger partial charge is 0.243 e. The Kier molecular flexibility index (Phi) is 3.98. The quantitative estimate of drug-likeness (QED) is 0.753. The third kappa shape index (κ3) is 3.04. The maximum atomic E-state index is 12.0. The molecule has 116 valence electrons. The number of halogens is 1. The molecule has 1 aromatic rings. The van der Waals surface area contributed by atoms with Gasteiger partial charge in [-0.3, -0.25) is 19.3 Å². The summed E-state index contributed by atoms with van der Waals surface area (Å²) in [5.41, 5.74) is 0. The summed E-state index contributed by atoms with van der Waals surface area (Å²) in [7, 11) is 0. The van der Waals surface area contributed by atoms with Crippen molar-refractivity contribution >= 4 is 29.3 Å². The summed E-state index contributed by atoms with van der Waals surface area (Å²) >= 11 is 5.73. The molecule has 22 heavy (non-hydrogen) atoms. The number of carbonyl (C=O) groups is 3. The van der Waals surface area contributed by atoms with Gasteiger partial charge in [-0.25, -0.2) is 4.98 Å². The molecule has 1 aromatic heterocycles. The number of nitrogens with zero attached hydrogens (tertiary/aromatic N) is 3. The Bertz CT molecular complexity index is 597. The van der Waals surface area contributed by atoms with Gasteiger partial charge in [0.2, 0.25) is 23.6 Å². The third-order valence-electron chi connectivity index (χ3n) is 3.64. The molecule has 0 aliphatic carbocycles. The molecule has 2 aliphatic rings. The zero-order valence-corrected chi connectivity index (χ0v) is 12.5. The highest BCUT2D eigenvalue weighted by Crippen LogP contribution is 2.19. The number of hydrogen-bond donors (Lipinski definition) is 0. The Labute approximate surface area is 131 Å². The van der Waals surface area contributed by atoms with Crippen molar-refractivity contribution in [1.29, 1.82) is 0 Å². The van der Waals surface area contributed by atoms with Crippen LogP contribution in [0, 0.1) is 0 Å². The van der Waals surface area contributed by atoms with Crippen molar-refractivity contribution in [2.24, 2.45) is 0 Å². The monoisotopic (exact) mass is 323 g/mol. The number of likely N-dealkylation sites (tertiary alicyclic amines) is 2. The summed E-state index contributed by atoms with van der Waals surface area (Å²) in [6, 6.07) is 3.34. The van der Waals surface area contributed by atoms with Crippen molar-refractivity contribution < 1.29 is 19.1 Å². The molecular formula is C14H14ClN3O4. The number of ether oxygens (including phenoxy) is 1. The summed E-state index contributed by atoms with van der Waals surface area (Å²) in [5, 5.41) is 0.526. The van der Waals surface area contributed by atoms with Crippen molar-refractivity contribution in [3.05, 3.63) is 23.4 Å². The lowest BCUT2D eigenvalue weighted by Crippen LogP contribution is -2.58. The van der Waals surface area contributed by atoms with Crippen molar-refractivity contribution in [3.8, 4) is 5.88 Å². The van der Waals surface area contributed by atoms with Gasteiger partial charge >= 0.3 is 0 Å². The molecule has 3 amide bonds. The van der Waals surface area contributed by atoms with Crippen LogP contribution in [0.5, 0.6) is 5.88 Å². The van der Waals surface area contributed by atoms with Gasteiger partial charge in [0.05, 0.1) is 18.1 Å². The van der Waals surface area contributed by atoms with Crippen LogP contribution in [0.4, 0.5) is 0 Å². The van der Waals surface area contributed by atoms with Crippen LogP contribution in [-0.4, -0.2) is 58.2 Å². The van der Waals surface area contributed by atoms with Crippen LogP contribution in [-0.2, 0) is 14.4 Å². The first-order chi connectivity index (χ1) is 10.5. The molecule has 0 aromatic carbocycles. The minimum Gasteiger partial charge on any atom is -0.471 e. The highest BCUT2D eigenvalue weighted by atomic mass is 35.5. The van der Waals surface area contributed by atoms with E-state index in [1.807, 2.05) is 0 Å². The second-order valence-electron chi connectivity index (χ2n) is 5.23. The van der Waals surface area contributed by atoms with Crippen LogP contribution in [0.3, 0.4) is 0 Å². The van der Waals surface area contributed by atoms with Gasteiger partial charge in [-0.1, -0.05) is 11.6 Å². The van der Waals surface area contributed by atoms with E-state index in [1.54, 1.807) is 17.0 Å². The normalized spacial score (nSPS) is 18.6. The van der Waals surface area contributed by atoms with E-state index in [9.17, 15) is 14.4 Å². The third-order valence-corrected chi connectivity index (χ3v) is 3.86. The van der Waals surface area contributed by atoms with E-state index >= 15 is 0 Å². The van der Waals surface area contributed by atoms with E-state index < -0.39 is 0 Å². The van der Waals surface area contributed by atoms with E-state index in [-0.39, 0.29) is 43.2 Å². The van der Waals surface area contributed by atoms with E-state index in [4.69, 9.17) is 16.3 Å². The molecule has 0 saturated carbocycles. The summed E-state index contributed by atoms with van der Waals surface area (Å²) < 4.78 is 5.59. The van der Waals surface area contributed by atoms with Crippen LogP contribution in [0.2, 0.25) is 5.02 Å². The molecule has 0 spiro atoms. The van der Waals surface area contributed by atoms with Gasteiger partial charge in [-0.05, 0) is 6.07 Å². The van der Waals surface area contributed by atoms with Crippen LogP contribution >= 0.6 is 11.6 Å². The minimum atomic E-state index is -0.281. The average Bonchev–Trinajstić information content (AvgIpc) is 2.76. The van der Waals surface area contributed by atoms with Gasteiger partial charge < -0.3 is 9.64 Å². The number of aromatic nitrogens is 1. The summed E-state index contributed by atoms with van der Waals surface area (Å²) in [6.45, 7) is 0.655. The van der Waals surface area contributed by atoms with Gasteiger partial charge in [0.25, 0.3) is 0 Å². The molecule has 3 rings (SSSR count). The van der Waals surface area contributed by atoms with Crippen molar-refractivity contribution in [1.82, 2.24) is 14.8 Å². The second-order valence-corrected chi connectivity index (χ2v) is 5.66. The fourth-order valence-corrected chi connectivity index (χ4v) is 2.47. The molecule has 0 N–H and O–H groups in total. The molecule has 8 heteroatoms. The highest BCUT2D eigenvalue weighted by Gasteiger charge is 2.36. The molecular weight excluding hydrogens is 310 g/mol. The van der Waals surface area contributed by atoms with Crippen LogP contribution in [0.1, 0.15) is 12.8 Å². The Morgan fingerprint density at radius 2 is 1.95 bits per heavy atom. The lowest BCUT2D eigenvalue weighted by Gasteiger charge is -2.39. The molecule has 0 atom stereocenters. The molecule has 0 bridgehead atoms. The molecule has 2 aliphatic heterocycles. The fraction of sp³-hybridized carbons (Fsp3) is 0.429. The van der Waals surface area contributed by atoms with Crippen LogP contribution in [0.25, 0.3) is 0 Å². The van der Waals surface area contributed by atoms with Gasteiger partial charge in [0.15, 0.2) is 0 Å². The summed E-state index contributed by atoms with van der Waals surface area (Å²) in [4.78, 5) is 41.5. The first kappa shape index (κ1) is 14.8. The largest absolute Gasteiger partial charge is 0.471 e.